The molecular weight excluding hydrogens is 148 g/mol. The van der Waals surface area contributed by atoms with Crippen molar-refractivity contribution < 1.29 is 5.11 Å². The highest BCUT2D eigenvalue weighted by Crippen LogP contribution is 2.31. The highest BCUT2D eigenvalue weighted by molar-refractivity contribution is 4.70. The maximum absolute atomic E-state index is 8.71. The average molecular weight is 170 g/mol. The third kappa shape index (κ3) is 3.14. The van der Waals surface area contributed by atoms with E-state index in [4.69, 9.17) is 5.11 Å². The van der Waals surface area contributed by atoms with E-state index in [1.807, 2.05) is 0 Å². The Morgan fingerprint density at radius 1 is 1.25 bits per heavy atom. The van der Waals surface area contributed by atoms with Gasteiger partial charge in [-0.15, -0.1) is 0 Å². The van der Waals surface area contributed by atoms with Crippen molar-refractivity contribution in [3.05, 3.63) is 0 Å². The zero-order valence-corrected chi connectivity index (χ0v) is 8.26. The lowest BCUT2D eigenvalue weighted by Gasteiger charge is -2.27. The Bertz CT molecular complexity index is 106. The lowest BCUT2D eigenvalue weighted by atomic mass is 9.79. The SMILES string of the molecule is C[C@H](CCCO)C1CCCCC1. The van der Waals surface area contributed by atoms with Crippen LogP contribution in [0.1, 0.15) is 51.9 Å². The van der Waals surface area contributed by atoms with Crippen molar-refractivity contribution in [2.75, 3.05) is 6.61 Å². The van der Waals surface area contributed by atoms with Gasteiger partial charge in [0.05, 0.1) is 0 Å². The Balaban J connectivity index is 2.15. The van der Waals surface area contributed by atoms with Gasteiger partial charge < -0.3 is 5.11 Å². The van der Waals surface area contributed by atoms with Crippen molar-refractivity contribution in [1.29, 1.82) is 0 Å². The third-order valence-corrected chi connectivity index (χ3v) is 3.27. The maximum Gasteiger partial charge on any atom is 0.0431 e. The van der Waals surface area contributed by atoms with Crippen LogP contribution in [-0.2, 0) is 0 Å². The number of rotatable bonds is 4. The van der Waals surface area contributed by atoms with Crippen LogP contribution in [0.5, 0.6) is 0 Å². The minimum atomic E-state index is 0.372. The summed E-state index contributed by atoms with van der Waals surface area (Å²) < 4.78 is 0. The first-order valence-electron chi connectivity index (χ1n) is 5.45. The summed E-state index contributed by atoms with van der Waals surface area (Å²) in [6.07, 6.45) is 9.42. The van der Waals surface area contributed by atoms with E-state index in [0.717, 1.165) is 18.3 Å². The zero-order chi connectivity index (χ0) is 8.81. The third-order valence-electron chi connectivity index (χ3n) is 3.27. The van der Waals surface area contributed by atoms with Gasteiger partial charge in [0.2, 0.25) is 0 Å². The molecule has 0 aromatic rings. The van der Waals surface area contributed by atoms with Crippen LogP contribution in [0, 0.1) is 11.8 Å². The van der Waals surface area contributed by atoms with Crippen molar-refractivity contribution in [1.82, 2.24) is 0 Å². The van der Waals surface area contributed by atoms with Crippen molar-refractivity contribution in [3.8, 4) is 0 Å². The van der Waals surface area contributed by atoms with E-state index >= 15 is 0 Å². The smallest absolute Gasteiger partial charge is 0.0431 e. The molecule has 1 nitrogen and oxygen atoms in total. The molecule has 1 saturated carbocycles. The fourth-order valence-electron chi connectivity index (χ4n) is 2.35. The Morgan fingerprint density at radius 2 is 1.92 bits per heavy atom. The van der Waals surface area contributed by atoms with E-state index in [1.165, 1.54) is 38.5 Å². The van der Waals surface area contributed by atoms with Crippen molar-refractivity contribution in [2.45, 2.75) is 51.9 Å². The highest BCUT2D eigenvalue weighted by Gasteiger charge is 2.19. The molecule has 1 heteroatoms. The van der Waals surface area contributed by atoms with E-state index in [-0.39, 0.29) is 0 Å². The molecule has 0 saturated heterocycles. The van der Waals surface area contributed by atoms with Gasteiger partial charge >= 0.3 is 0 Å². The molecule has 1 atom stereocenters. The summed E-state index contributed by atoms with van der Waals surface area (Å²) in [5.74, 6) is 1.81. The van der Waals surface area contributed by atoms with Crippen LogP contribution in [0.2, 0.25) is 0 Å². The predicted molar refractivity (Wildman–Crippen MR) is 52.1 cm³/mol. The number of hydrogen-bond acceptors (Lipinski definition) is 1. The molecule has 1 aliphatic carbocycles. The molecular formula is C11H22O. The summed E-state index contributed by atoms with van der Waals surface area (Å²) in [4.78, 5) is 0. The molecule has 0 aromatic heterocycles. The second-order valence-electron chi connectivity index (χ2n) is 4.24. The molecule has 1 rings (SSSR count). The van der Waals surface area contributed by atoms with Crippen LogP contribution >= 0.6 is 0 Å². The van der Waals surface area contributed by atoms with Crippen molar-refractivity contribution >= 4 is 0 Å². The molecule has 0 heterocycles. The standard InChI is InChI=1S/C11H22O/c1-10(6-5-9-12)11-7-3-2-4-8-11/h10-12H,2-9H2,1H3/t10-/m1/s1. The summed E-state index contributed by atoms with van der Waals surface area (Å²) in [5.41, 5.74) is 0. The summed E-state index contributed by atoms with van der Waals surface area (Å²) in [6.45, 7) is 2.72. The van der Waals surface area contributed by atoms with E-state index in [2.05, 4.69) is 6.92 Å². The molecule has 0 aliphatic heterocycles. The maximum atomic E-state index is 8.71. The first-order valence-corrected chi connectivity index (χ1v) is 5.45. The van der Waals surface area contributed by atoms with Gasteiger partial charge in [-0.1, -0.05) is 39.0 Å². The summed E-state index contributed by atoms with van der Waals surface area (Å²) >= 11 is 0. The molecule has 1 aliphatic rings. The van der Waals surface area contributed by atoms with E-state index in [0.29, 0.717) is 6.61 Å². The lowest BCUT2D eigenvalue weighted by Crippen LogP contribution is -2.15. The second-order valence-corrected chi connectivity index (χ2v) is 4.24. The Hall–Kier alpha value is -0.0400. The van der Waals surface area contributed by atoms with Gasteiger partial charge in [-0.3, -0.25) is 0 Å². The molecule has 0 unspecified atom stereocenters. The fourth-order valence-corrected chi connectivity index (χ4v) is 2.35. The van der Waals surface area contributed by atoms with Gasteiger partial charge in [0.25, 0.3) is 0 Å². The van der Waals surface area contributed by atoms with Gasteiger partial charge in [0, 0.05) is 6.61 Å². The normalized spacial score (nSPS) is 22.5. The first kappa shape index (κ1) is 10.0. The van der Waals surface area contributed by atoms with Crippen molar-refractivity contribution in [3.63, 3.8) is 0 Å². The van der Waals surface area contributed by atoms with E-state index in [1.54, 1.807) is 0 Å². The summed E-state index contributed by atoms with van der Waals surface area (Å²) in [5, 5.41) is 8.71. The van der Waals surface area contributed by atoms with Gasteiger partial charge in [0.15, 0.2) is 0 Å². The average Bonchev–Trinajstić information content (AvgIpc) is 2.15. The summed E-state index contributed by atoms with van der Waals surface area (Å²) in [7, 11) is 0. The van der Waals surface area contributed by atoms with Crippen LogP contribution < -0.4 is 0 Å². The predicted octanol–water partition coefficient (Wildman–Crippen LogP) is 2.98. The molecule has 12 heavy (non-hydrogen) atoms. The van der Waals surface area contributed by atoms with Gasteiger partial charge in [-0.2, -0.15) is 0 Å². The monoisotopic (exact) mass is 170 g/mol. The van der Waals surface area contributed by atoms with Crippen LogP contribution in [0.25, 0.3) is 0 Å². The minimum absolute atomic E-state index is 0.372. The Labute approximate surface area is 76.2 Å². The van der Waals surface area contributed by atoms with Crippen LogP contribution in [0.3, 0.4) is 0 Å². The topological polar surface area (TPSA) is 20.2 Å². The molecule has 0 spiro atoms. The fraction of sp³-hybridized carbons (Fsp3) is 1.00. The number of aliphatic hydroxyl groups is 1. The van der Waals surface area contributed by atoms with Crippen LogP contribution in [0.15, 0.2) is 0 Å². The molecule has 1 fully saturated rings. The largest absolute Gasteiger partial charge is 0.396 e. The van der Waals surface area contributed by atoms with E-state index in [9.17, 15) is 0 Å². The Kier molecular flexibility index (Phi) is 4.67. The summed E-state index contributed by atoms with van der Waals surface area (Å²) in [6, 6.07) is 0. The molecule has 0 aromatic carbocycles. The molecule has 72 valence electrons. The number of aliphatic hydroxyl groups excluding tert-OH is 1. The quantitative estimate of drug-likeness (QED) is 0.687. The van der Waals surface area contributed by atoms with Crippen molar-refractivity contribution in [2.24, 2.45) is 11.8 Å². The molecule has 0 amide bonds. The zero-order valence-electron chi connectivity index (χ0n) is 8.26. The minimum Gasteiger partial charge on any atom is -0.396 e. The van der Waals surface area contributed by atoms with Gasteiger partial charge in [-0.25, -0.2) is 0 Å². The molecule has 0 radical (unpaired) electrons. The van der Waals surface area contributed by atoms with Gasteiger partial charge in [-0.05, 0) is 24.7 Å². The second kappa shape index (κ2) is 5.58. The molecule has 0 bridgehead atoms. The highest BCUT2D eigenvalue weighted by atomic mass is 16.2. The van der Waals surface area contributed by atoms with Crippen LogP contribution in [-0.4, -0.2) is 11.7 Å². The van der Waals surface area contributed by atoms with Crippen LogP contribution in [0.4, 0.5) is 0 Å². The van der Waals surface area contributed by atoms with Gasteiger partial charge in [0.1, 0.15) is 0 Å². The first-order chi connectivity index (χ1) is 5.84. The number of hydrogen-bond donors (Lipinski definition) is 1. The Morgan fingerprint density at radius 3 is 2.50 bits per heavy atom. The molecule has 1 N–H and O–H groups in total. The lowest BCUT2D eigenvalue weighted by molar-refractivity contribution is 0.221. The van der Waals surface area contributed by atoms with E-state index < -0.39 is 0 Å².